The minimum atomic E-state index is -0.674. The van der Waals surface area contributed by atoms with Gasteiger partial charge in [0.25, 0.3) is 0 Å². The largest absolute Gasteiger partial charge is 0.397 e. The monoisotopic (exact) mass is 316 g/mol. The standard InChI is InChI=1S/C12H8BrF3N2/c13-7-4-9(16)11(5-8(7)15)18-12-3-6(14)1-2-10(12)17/h1-5,18H,17H2. The molecule has 0 saturated carbocycles. The van der Waals surface area contributed by atoms with E-state index in [1.54, 1.807) is 0 Å². The molecule has 0 amide bonds. The molecule has 0 saturated heterocycles. The summed E-state index contributed by atoms with van der Waals surface area (Å²) in [6.45, 7) is 0. The Morgan fingerprint density at radius 1 is 0.944 bits per heavy atom. The number of nitrogen functional groups attached to an aromatic ring is 1. The number of nitrogens with one attached hydrogen (secondary N) is 1. The van der Waals surface area contributed by atoms with Gasteiger partial charge in [-0.05, 0) is 40.2 Å². The van der Waals surface area contributed by atoms with Gasteiger partial charge in [-0.3, -0.25) is 0 Å². The maximum Gasteiger partial charge on any atom is 0.147 e. The molecular formula is C12H8BrF3N2. The van der Waals surface area contributed by atoms with E-state index in [2.05, 4.69) is 21.2 Å². The molecule has 3 N–H and O–H groups in total. The van der Waals surface area contributed by atoms with Gasteiger partial charge in [0.15, 0.2) is 0 Å². The van der Waals surface area contributed by atoms with Crippen molar-refractivity contribution in [3.63, 3.8) is 0 Å². The van der Waals surface area contributed by atoms with Crippen LogP contribution in [0, 0.1) is 17.5 Å². The Morgan fingerprint density at radius 3 is 2.39 bits per heavy atom. The highest BCUT2D eigenvalue weighted by atomic mass is 79.9. The first-order chi connectivity index (χ1) is 8.47. The molecule has 0 atom stereocenters. The minimum Gasteiger partial charge on any atom is -0.397 e. The van der Waals surface area contributed by atoms with Crippen LogP contribution in [0.2, 0.25) is 0 Å². The van der Waals surface area contributed by atoms with Crippen LogP contribution in [-0.2, 0) is 0 Å². The summed E-state index contributed by atoms with van der Waals surface area (Å²) in [5, 5.41) is 2.55. The number of hydrogen-bond donors (Lipinski definition) is 2. The Bertz CT molecular complexity index is 602. The van der Waals surface area contributed by atoms with Crippen LogP contribution in [-0.4, -0.2) is 0 Å². The molecule has 2 aromatic rings. The molecule has 94 valence electrons. The van der Waals surface area contributed by atoms with Gasteiger partial charge in [-0.1, -0.05) is 0 Å². The molecule has 0 aromatic heterocycles. The van der Waals surface area contributed by atoms with Crippen molar-refractivity contribution in [3.8, 4) is 0 Å². The Labute approximate surface area is 110 Å². The van der Waals surface area contributed by atoms with Crippen molar-refractivity contribution < 1.29 is 13.2 Å². The summed E-state index contributed by atoms with van der Waals surface area (Å²) in [7, 11) is 0. The van der Waals surface area contributed by atoms with Gasteiger partial charge in [0.05, 0.1) is 21.5 Å². The maximum absolute atomic E-state index is 13.6. The molecule has 2 aromatic carbocycles. The number of hydrogen-bond acceptors (Lipinski definition) is 2. The fourth-order valence-electron chi connectivity index (χ4n) is 1.40. The molecule has 6 heteroatoms. The predicted octanol–water partition coefficient (Wildman–Crippen LogP) is 4.19. The first kappa shape index (κ1) is 12.8. The molecule has 0 aliphatic rings. The van der Waals surface area contributed by atoms with Crippen molar-refractivity contribution in [2.75, 3.05) is 11.1 Å². The van der Waals surface area contributed by atoms with Gasteiger partial charge < -0.3 is 11.1 Å². The summed E-state index contributed by atoms with van der Waals surface area (Å²) in [5.41, 5.74) is 5.89. The highest BCUT2D eigenvalue weighted by Crippen LogP contribution is 2.28. The average molecular weight is 317 g/mol. The topological polar surface area (TPSA) is 38.0 Å². The highest BCUT2D eigenvalue weighted by molar-refractivity contribution is 9.10. The predicted molar refractivity (Wildman–Crippen MR) is 68.2 cm³/mol. The summed E-state index contributed by atoms with van der Waals surface area (Å²) < 4.78 is 39.9. The lowest BCUT2D eigenvalue weighted by Crippen LogP contribution is -1.99. The Kier molecular flexibility index (Phi) is 3.47. The van der Waals surface area contributed by atoms with E-state index in [1.807, 2.05) is 0 Å². The molecular weight excluding hydrogens is 309 g/mol. The van der Waals surface area contributed by atoms with Crippen LogP contribution in [0.4, 0.5) is 30.2 Å². The van der Waals surface area contributed by atoms with Gasteiger partial charge >= 0.3 is 0 Å². The zero-order valence-corrected chi connectivity index (χ0v) is 10.6. The van der Waals surface area contributed by atoms with Gasteiger partial charge in [0, 0.05) is 6.07 Å². The van der Waals surface area contributed by atoms with Gasteiger partial charge in [0.2, 0.25) is 0 Å². The van der Waals surface area contributed by atoms with Crippen molar-refractivity contribution in [1.29, 1.82) is 0 Å². The van der Waals surface area contributed by atoms with E-state index in [1.165, 1.54) is 12.1 Å². The molecule has 0 bridgehead atoms. The second kappa shape index (κ2) is 4.89. The zero-order valence-electron chi connectivity index (χ0n) is 8.98. The van der Waals surface area contributed by atoms with Crippen LogP contribution in [0.5, 0.6) is 0 Å². The van der Waals surface area contributed by atoms with Crippen LogP contribution in [0.25, 0.3) is 0 Å². The van der Waals surface area contributed by atoms with Crippen LogP contribution < -0.4 is 11.1 Å². The number of nitrogens with two attached hydrogens (primary N) is 1. The molecule has 0 aliphatic heterocycles. The Balaban J connectivity index is 2.40. The van der Waals surface area contributed by atoms with E-state index in [4.69, 9.17) is 5.73 Å². The number of halogens is 4. The van der Waals surface area contributed by atoms with Gasteiger partial charge in [-0.25, -0.2) is 13.2 Å². The molecule has 0 radical (unpaired) electrons. The molecule has 0 heterocycles. The molecule has 0 spiro atoms. The van der Waals surface area contributed by atoms with Crippen molar-refractivity contribution in [2.24, 2.45) is 0 Å². The average Bonchev–Trinajstić information content (AvgIpc) is 2.30. The zero-order chi connectivity index (χ0) is 13.3. The van der Waals surface area contributed by atoms with Crippen molar-refractivity contribution >= 4 is 33.0 Å². The molecule has 0 fully saturated rings. The van der Waals surface area contributed by atoms with Gasteiger partial charge in [0.1, 0.15) is 17.5 Å². The fourth-order valence-corrected chi connectivity index (χ4v) is 1.72. The van der Waals surface area contributed by atoms with E-state index < -0.39 is 17.5 Å². The van der Waals surface area contributed by atoms with Crippen LogP contribution in [0.3, 0.4) is 0 Å². The van der Waals surface area contributed by atoms with E-state index >= 15 is 0 Å². The fraction of sp³-hybridized carbons (Fsp3) is 0. The van der Waals surface area contributed by atoms with E-state index in [9.17, 15) is 13.2 Å². The quantitative estimate of drug-likeness (QED) is 0.644. The molecule has 0 aliphatic carbocycles. The van der Waals surface area contributed by atoms with Crippen LogP contribution in [0.1, 0.15) is 0 Å². The van der Waals surface area contributed by atoms with Crippen LogP contribution in [0.15, 0.2) is 34.8 Å². The molecule has 2 rings (SSSR count). The Morgan fingerprint density at radius 2 is 1.67 bits per heavy atom. The first-order valence-corrected chi connectivity index (χ1v) is 5.73. The van der Waals surface area contributed by atoms with Gasteiger partial charge in [-0.15, -0.1) is 0 Å². The smallest absolute Gasteiger partial charge is 0.147 e. The van der Waals surface area contributed by atoms with Crippen LogP contribution >= 0.6 is 15.9 Å². The summed E-state index contributed by atoms with van der Waals surface area (Å²) in [5.74, 6) is -1.83. The summed E-state index contributed by atoms with van der Waals surface area (Å²) in [6, 6.07) is 5.56. The first-order valence-electron chi connectivity index (χ1n) is 4.94. The second-order valence-electron chi connectivity index (χ2n) is 3.60. The van der Waals surface area contributed by atoms with E-state index in [0.29, 0.717) is 0 Å². The minimum absolute atomic E-state index is 0.0118. The number of anilines is 3. The lowest BCUT2D eigenvalue weighted by atomic mass is 10.2. The lowest BCUT2D eigenvalue weighted by Gasteiger charge is -2.11. The third kappa shape index (κ3) is 2.59. The van der Waals surface area contributed by atoms with Crippen molar-refractivity contribution in [2.45, 2.75) is 0 Å². The highest BCUT2D eigenvalue weighted by Gasteiger charge is 2.10. The number of benzene rings is 2. The second-order valence-corrected chi connectivity index (χ2v) is 4.46. The van der Waals surface area contributed by atoms with Crippen molar-refractivity contribution in [1.82, 2.24) is 0 Å². The Hall–Kier alpha value is -1.69. The van der Waals surface area contributed by atoms with Gasteiger partial charge in [-0.2, -0.15) is 0 Å². The third-order valence-corrected chi connectivity index (χ3v) is 2.90. The van der Waals surface area contributed by atoms with E-state index in [0.717, 1.165) is 18.2 Å². The maximum atomic E-state index is 13.6. The number of rotatable bonds is 2. The third-order valence-electron chi connectivity index (χ3n) is 2.29. The summed E-state index contributed by atoms with van der Waals surface area (Å²) in [4.78, 5) is 0. The molecule has 2 nitrogen and oxygen atoms in total. The SMILES string of the molecule is Nc1ccc(F)cc1Nc1cc(F)c(Br)cc1F. The van der Waals surface area contributed by atoms with E-state index in [-0.39, 0.29) is 21.5 Å². The van der Waals surface area contributed by atoms with Crippen molar-refractivity contribution in [3.05, 3.63) is 52.3 Å². The lowest BCUT2D eigenvalue weighted by molar-refractivity contribution is 0.597. The normalized spacial score (nSPS) is 10.4. The summed E-state index contributed by atoms with van der Waals surface area (Å²) in [6.07, 6.45) is 0. The molecule has 18 heavy (non-hydrogen) atoms. The molecule has 0 unspecified atom stereocenters. The summed E-state index contributed by atoms with van der Waals surface area (Å²) >= 11 is 2.86.